The molecule has 0 radical (unpaired) electrons. The fraction of sp³-hybridized carbons (Fsp3) is 0.917. The number of nitrogens with one attached hydrogen (secondary N) is 1. The molecule has 2 unspecified atom stereocenters. The van der Waals surface area contributed by atoms with Crippen molar-refractivity contribution < 1.29 is 4.74 Å². The molecule has 0 heterocycles. The Morgan fingerprint density at radius 3 is 2.40 bits per heavy atom. The number of likely N-dealkylation sites (N-methyl/N-ethyl adjacent to an activating group) is 1. The van der Waals surface area contributed by atoms with E-state index in [2.05, 4.69) is 32.2 Å². The van der Waals surface area contributed by atoms with Gasteiger partial charge in [0.1, 0.15) is 5.54 Å². The van der Waals surface area contributed by atoms with Gasteiger partial charge in [-0.3, -0.25) is 5.32 Å². The molecule has 88 valence electrons. The van der Waals surface area contributed by atoms with Crippen LogP contribution in [-0.2, 0) is 4.74 Å². The van der Waals surface area contributed by atoms with E-state index in [0.717, 1.165) is 13.0 Å². The van der Waals surface area contributed by atoms with E-state index in [4.69, 9.17) is 10.00 Å². The molecule has 0 saturated heterocycles. The summed E-state index contributed by atoms with van der Waals surface area (Å²) in [4.78, 5) is 0. The van der Waals surface area contributed by atoms with Crippen LogP contribution in [0.3, 0.4) is 0 Å². The standard InChI is InChI=1S/C12H24N2O/c1-6-14-12(5,8-13)9-15-11(4)7-10(2)3/h10-11,14H,6-7,9H2,1-5H3. The van der Waals surface area contributed by atoms with Crippen LogP contribution in [0.2, 0.25) is 0 Å². The third-order valence-electron chi connectivity index (χ3n) is 2.27. The molecule has 3 nitrogen and oxygen atoms in total. The van der Waals surface area contributed by atoms with E-state index < -0.39 is 5.54 Å². The van der Waals surface area contributed by atoms with Crippen LogP contribution in [0.5, 0.6) is 0 Å². The molecule has 0 rings (SSSR count). The summed E-state index contributed by atoms with van der Waals surface area (Å²) in [5, 5.41) is 12.1. The van der Waals surface area contributed by atoms with Crippen LogP contribution in [0.4, 0.5) is 0 Å². The zero-order chi connectivity index (χ0) is 11.9. The highest BCUT2D eigenvalue weighted by Crippen LogP contribution is 2.10. The summed E-state index contributed by atoms with van der Waals surface area (Å²) < 4.78 is 5.68. The van der Waals surface area contributed by atoms with Gasteiger partial charge in [0, 0.05) is 0 Å². The Hall–Kier alpha value is -0.590. The second kappa shape index (κ2) is 6.81. The third kappa shape index (κ3) is 6.48. The predicted octanol–water partition coefficient (Wildman–Crippen LogP) is 2.33. The topological polar surface area (TPSA) is 45.0 Å². The first kappa shape index (κ1) is 14.4. The Morgan fingerprint density at radius 1 is 1.40 bits per heavy atom. The van der Waals surface area contributed by atoms with Gasteiger partial charge in [-0.15, -0.1) is 0 Å². The van der Waals surface area contributed by atoms with Crippen LogP contribution < -0.4 is 5.32 Å². The normalized spacial score (nSPS) is 17.1. The lowest BCUT2D eigenvalue weighted by atomic mass is 10.1. The van der Waals surface area contributed by atoms with E-state index >= 15 is 0 Å². The van der Waals surface area contributed by atoms with E-state index in [0.29, 0.717) is 12.5 Å². The van der Waals surface area contributed by atoms with Crippen LogP contribution in [0.1, 0.15) is 41.0 Å². The van der Waals surface area contributed by atoms with Crippen molar-refractivity contribution in [3.05, 3.63) is 0 Å². The minimum absolute atomic E-state index is 0.219. The van der Waals surface area contributed by atoms with Crippen LogP contribution in [0.15, 0.2) is 0 Å². The monoisotopic (exact) mass is 212 g/mol. The summed E-state index contributed by atoms with van der Waals surface area (Å²) in [6.07, 6.45) is 1.25. The molecule has 0 fully saturated rings. The summed E-state index contributed by atoms with van der Waals surface area (Å²) in [6, 6.07) is 2.25. The first-order valence-corrected chi connectivity index (χ1v) is 5.71. The second-order valence-corrected chi connectivity index (χ2v) is 4.73. The number of hydrogen-bond donors (Lipinski definition) is 1. The minimum atomic E-state index is -0.556. The van der Waals surface area contributed by atoms with Gasteiger partial charge in [-0.2, -0.15) is 5.26 Å². The van der Waals surface area contributed by atoms with Crippen molar-refractivity contribution in [3.8, 4) is 6.07 Å². The van der Waals surface area contributed by atoms with Crippen LogP contribution in [-0.4, -0.2) is 24.8 Å². The summed E-state index contributed by atoms with van der Waals surface area (Å²) in [6.45, 7) is 11.5. The molecule has 0 saturated carbocycles. The molecule has 0 aromatic rings. The molecule has 0 aliphatic carbocycles. The van der Waals surface area contributed by atoms with Crippen molar-refractivity contribution in [1.82, 2.24) is 5.32 Å². The van der Waals surface area contributed by atoms with Crippen LogP contribution in [0, 0.1) is 17.2 Å². The maximum Gasteiger partial charge on any atom is 0.127 e. The van der Waals surface area contributed by atoms with E-state index in [1.165, 1.54) is 0 Å². The highest BCUT2D eigenvalue weighted by atomic mass is 16.5. The van der Waals surface area contributed by atoms with E-state index in [9.17, 15) is 0 Å². The summed E-state index contributed by atoms with van der Waals surface area (Å²) >= 11 is 0. The molecule has 0 spiro atoms. The molecule has 0 amide bonds. The van der Waals surface area contributed by atoms with Crippen molar-refractivity contribution >= 4 is 0 Å². The molecular weight excluding hydrogens is 188 g/mol. The Bertz CT molecular complexity index is 210. The van der Waals surface area contributed by atoms with Crippen molar-refractivity contribution in [2.45, 2.75) is 52.7 Å². The van der Waals surface area contributed by atoms with Crippen molar-refractivity contribution in [2.75, 3.05) is 13.2 Å². The van der Waals surface area contributed by atoms with Gasteiger partial charge in [0.05, 0.1) is 18.8 Å². The smallest absolute Gasteiger partial charge is 0.127 e. The van der Waals surface area contributed by atoms with Gasteiger partial charge in [0.15, 0.2) is 0 Å². The molecular formula is C12H24N2O. The quantitative estimate of drug-likeness (QED) is 0.704. The number of nitrogens with zero attached hydrogens (tertiary/aromatic N) is 1. The van der Waals surface area contributed by atoms with Gasteiger partial charge in [-0.25, -0.2) is 0 Å². The fourth-order valence-corrected chi connectivity index (χ4v) is 1.55. The highest BCUT2D eigenvalue weighted by molar-refractivity contribution is 5.03. The van der Waals surface area contributed by atoms with Gasteiger partial charge in [-0.1, -0.05) is 20.8 Å². The second-order valence-electron chi connectivity index (χ2n) is 4.73. The molecule has 0 aliphatic rings. The van der Waals surface area contributed by atoms with Crippen molar-refractivity contribution in [2.24, 2.45) is 5.92 Å². The highest BCUT2D eigenvalue weighted by Gasteiger charge is 2.23. The first-order valence-electron chi connectivity index (χ1n) is 5.71. The predicted molar refractivity (Wildman–Crippen MR) is 62.6 cm³/mol. The van der Waals surface area contributed by atoms with Gasteiger partial charge in [0.2, 0.25) is 0 Å². The molecule has 1 N–H and O–H groups in total. The SMILES string of the molecule is CCNC(C)(C#N)COC(C)CC(C)C. The lowest BCUT2D eigenvalue weighted by Gasteiger charge is -2.25. The number of ether oxygens (including phenoxy) is 1. The molecule has 0 aromatic carbocycles. The minimum Gasteiger partial charge on any atom is -0.375 e. The van der Waals surface area contributed by atoms with E-state index in [-0.39, 0.29) is 6.10 Å². The Labute approximate surface area is 93.8 Å². The zero-order valence-corrected chi connectivity index (χ0v) is 10.6. The van der Waals surface area contributed by atoms with Crippen LogP contribution >= 0.6 is 0 Å². The number of rotatable bonds is 7. The Morgan fingerprint density at radius 2 is 2.00 bits per heavy atom. The fourth-order valence-electron chi connectivity index (χ4n) is 1.55. The first-order chi connectivity index (χ1) is 6.93. The Balaban J connectivity index is 3.96. The molecule has 0 bridgehead atoms. The molecule has 2 atom stereocenters. The third-order valence-corrected chi connectivity index (χ3v) is 2.27. The average molecular weight is 212 g/mol. The van der Waals surface area contributed by atoms with Gasteiger partial charge in [-0.05, 0) is 32.7 Å². The number of hydrogen-bond acceptors (Lipinski definition) is 3. The summed E-state index contributed by atoms with van der Waals surface area (Å²) in [7, 11) is 0. The zero-order valence-electron chi connectivity index (χ0n) is 10.6. The molecule has 15 heavy (non-hydrogen) atoms. The van der Waals surface area contributed by atoms with E-state index in [1.54, 1.807) is 0 Å². The Kier molecular flexibility index (Phi) is 6.55. The van der Waals surface area contributed by atoms with Gasteiger partial charge in [0.25, 0.3) is 0 Å². The van der Waals surface area contributed by atoms with Gasteiger partial charge < -0.3 is 4.74 Å². The maximum atomic E-state index is 9.02. The largest absolute Gasteiger partial charge is 0.375 e. The lowest BCUT2D eigenvalue weighted by Crippen LogP contribution is -2.45. The lowest BCUT2D eigenvalue weighted by molar-refractivity contribution is 0.0269. The summed E-state index contributed by atoms with van der Waals surface area (Å²) in [5.74, 6) is 0.632. The molecule has 0 aromatic heterocycles. The number of nitriles is 1. The van der Waals surface area contributed by atoms with Crippen molar-refractivity contribution in [1.29, 1.82) is 5.26 Å². The van der Waals surface area contributed by atoms with Crippen molar-refractivity contribution in [3.63, 3.8) is 0 Å². The average Bonchev–Trinajstić information content (AvgIpc) is 2.14. The van der Waals surface area contributed by atoms with Crippen LogP contribution in [0.25, 0.3) is 0 Å². The maximum absolute atomic E-state index is 9.02. The summed E-state index contributed by atoms with van der Waals surface area (Å²) in [5.41, 5.74) is -0.556. The van der Waals surface area contributed by atoms with E-state index in [1.807, 2.05) is 13.8 Å². The molecule has 0 aliphatic heterocycles. The molecule has 3 heteroatoms. The van der Waals surface area contributed by atoms with Gasteiger partial charge >= 0.3 is 0 Å².